The lowest BCUT2D eigenvalue weighted by molar-refractivity contribution is -0.116. The third-order valence-electron chi connectivity index (χ3n) is 4.98. The number of benzene rings is 1. The first-order valence-corrected chi connectivity index (χ1v) is 10.9. The summed E-state index contributed by atoms with van der Waals surface area (Å²) in [6.45, 7) is 16.8. The molecule has 6 heteroatoms. The minimum Gasteiger partial charge on any atom is -0.377 e. The number of nitrogens with zero attached hydrogens (tertiary/aromatic N) is 2. The Kier molecular flexibility index (Phi) is 9.19. The standard InChI is InChI=1S/C24H42N4O2/c1-16(2)13-22(29)25-20-11-12-21(27(9)10)19(14-20)15-28(18(5)17(3)4)23(30)26-24(6,7)8/h11-12,14,16-18H,13,15H2,1-10H3,(H,25,29)(H,26,30)/t18-/m1/s1. The van der Waals surface area contributed by atoms with Gasteiger partial charge in [0.1, 0.15) is 0 Å². The fourth-order valence-electron chi connectivity index (χ4n) is 3.15. The maximum absolute atomic E-state index is 13.1. The van der Waals surface area contributed by atoms with Crippen LogP contribution in [0.25, 0.3) is 0 Å². The van der Waals surface area contributed by atoms with Gasteiger partial charge >= 0.3 is 6.03 Å². The van der Waals surface area contributed by atoms with Gasteiger partial charge in [-0.2, -0.15) is 0 Å². The van der Waals surface area contributed by atoms with Crippen molar-refractivity contribution < 1.29 is 9.59 Å². The summed E-state index contributed by atoms with van der Waals surface area (Å²) in [5.41, 5.74) is 2.47. The summed E-state index contributed by atoms with van der Waals surface area (Å²) in [6, 6.07) is 5.88. The van der Waals surface area contributed by atoms with Crippen LogP contribution in [-0.4, -0.2) is 42.5 Å². The molecule has 0 aliphatic rings. The fraction of sp³-hybridized carbons (Fsp3) is 0.667. The van der Waals surface area contributed by atoms with E-state index >= 15 is 0 Å². The highest BCUT2D eigenvalue weighted by atomic mass is 16.2. The molecule has 0 bridgehead atoms. The second-order valence-corrected chi connectivity index (χ2v) is 10.2. The molecule has 1 aromatic carbocycles. The molecule has 0 saturated carbocycles. The van der Waals surface area contributed by atoms with Crippen LogP contribution in [-0.2, 0) is 11.3 Å². The van der Waals surface area contributed by atoms with Gasteiger partial charge in [-0.3, -0.25) is 4.79 Å². The zero-order chi connectivity index (χ0) is 23.2. The van der Waals surface area contributed by atoms with Crippen LogP contribution in [0.1, 0.15) is 67.4 Å². The smallest absolute Gasteiger partial charge is 0.318 e. The van der Waals surface area contributed by atoms with Gasteiger partial charge in [-0.25, -0.2) is 4.79 Å². The van der Waals surface area contributed by atoms with Crippen LogP contribution in [0.4, 0.5) is 16.2 Å². The summed E-state index contributed by atoms with van der Waals surface area (Å²) >= 11 is 0. The van der Waals surface area contributed by atoms with E-state index in [1.54, 1.807) is 0 Å². The Morgan fingerprint density at radius 3 is 2.10 bits per heavy atom. The molecular formula is C24H42N4O2. The largest absolute Gasteiger partial charge is 0.377 e. The predicted octanol–water partition coefficient (Wildman–Crippen LogP) is 5.09. The van der Waals surface area contributed by atoms with Crippen LogP contribution >= 0.6 is 0 Å². The first kappa shape index (κ1) is 25.8. The molecule has 170 valence electrons. The molecule has 0 aliphatic carbocycles. The lowest BCUT2D eigenvalue weighted by Gasteiger charge is -2.35. The number of rotatable bonds is 8. The van der Waals surface area contributed by atoms with E-state index in [0.717, 1.165) is 16.9 Å². The molecule has 1 aromatic rings. The first-order chi connectivity index (χ1) is 13.7. The summed E-state index contributed by atoms with van der Waals surface area (Å²) in [5.74, 6) is 0.618. The molecule has 0 fully saturated rings. The topological polar surface area (TPSA) is 64.7 Å². The first-order valence-electron chi connectivity index (χ1n) is 10.9. The SMILES string of the molecule is CC(C)CC(=O)Nc1ccc(N(C)C)c(CN(C(=O)NC(C)(C)C)[C@H](C)C(C)C)c1. The van der Waals surface area contributed by atoms with E-state index in [9.17, 15) is 9.59 Å². The average Bonchev–Trinajstić information content (AvgIpc) is 2.56. The molecule has 0 aliphatic heterocycles. The second kappa shape index (κ2) is 10.7. The van der Waals surface area contributed by atoms with Gasteiger partial charge in [0.05, 0.1) is 0 Å². The number of hydrogen-bond donors (Lipinski definition) is 2. The fourth-order valence-corrected chi connectivity index (χ4v) is 3.15. The third kappa shape index (κ3) is 8.25. The molecular weight excluding hydrogens is 376 g/mol. The molecule has 2 N–H and O–H groups in total. The Hall–Kier alpha value is -2.24. The summed E-state index contributed by atoms with van der Waals surface area (Å²) in [6.07, 6.45) is 0.481. The van der Waals surface area contributed by atoms with Crippen molar-refractivity contribution in [3.8, 4) is 0 Å². The monoisotopic (exact) mass is 418 g/mol. The Bertz CT molecular complexity index is 720. The molecule has 0 unspecified atom stereocenters. The number of amides is 3. The van der Waals surface area contributed by atoms with E-state index in [1.165, 1.54) is 0 Å². The van der Waals surface area contributed by atoms with Crippen molar-refractivity contribution >= 4 is 23.3 Å². The quantitative estimate of drug-likeness (QED) is 0.618. The molecule has 0 saturated heterocycles. The van der Waals surface area contributed by atoms with Gasteiger partial charge in [-0.15, -0.1) is 0 Å². The average molecular weight is 419 g/mol. The van der Waals surface area contributed by atoms with Crippen molar-refractivity contribution in [2.75, 3.05) is 24.3 Å². The zero-order valence-electron chi connectivity index (χ0n) is 20.6. The Morgan fingerprint density at radius 2 is 1.63 bits per heavy atom. The van der Waals surface area contributed by atoms with Gasteiger partial charge in [0.25, 0.3) is 0 Å². The highest BCUT2D eigenvalue weighted by molar-refractivity contribution is 5.91. The number of nitrogens with one attached hydrogen (secondary N) is 2. The lowest BCUT2D eigenvalue weighted by Crippen LogP contribution is -2.52. The lowest BCUT2D eigenvalue weighted by atomic mass is 10.0. The number of urea groups is 1. The Morgan fingerprint density at radius 1 is 1.03 bits per heavy atom. The summed E-state index contributed by atoms with van der Waals surface area (Å²) in [5, 5.41) is 6.09. The summed E-state index contributed by atoms with van der Waals surface area (Å²) in [7, 11) is 3.97. The van der Waals surface area contributed by atoms with Gasteiger partial charge in [-0.05, 0) is 63.3 Å². The van der Waals surface area contributed by atoms with E-state index in [0.29, 0.717) is 24.8 Å². The Labute approximate surface area is 183 Å². The molecule has 30 heavy (non-hydrogen) atoms. The summed E-state index contributed by atoms with van der Waals surface area (Å²) < 4.78 is 0. The highest BCUT2D eigenvalue weighted by Gasteiger charge is 2.27. The van der Waals surface area contributed by atoms with Crippen molar-refractivity contribution in [3.05, 3.63) is 23.8 Å². The number of carbonyl (C=O) groups excluding carboxylic acids is 2. The van der Waals surface area contributed by atoms with E-state index in [-0.39, 0.29) is 23.5 Å². The summed E-state index contributed by atoms with van der Waals surface area (Å²) in [4.78, 5) is 29.3. The maximum atomic E-state index is 13.1. The van der Waals surface area contributed by atoms with Gasteiger partial charge < -0.3 is 20.4 Å². The van der Waals surface area contributed by atoms with Gasteiger partial charge in [-0.1, -0.05) is 27.7 Å². The van der Waals surface area contributed by atoms with Crippen LogP contribution in [0.15, 0.2) is 18.2 Å². The molecule has 0 heterocycles. The predicted molar refractivity (Wildman–Crippen MR) is 127 cm³/mol. The molecule has 0 spiro atoms. The van der Waals surface area contributed by atoms with Gasteiger partial charge in [0.15, 0.2) is 0 Å². The minimum atomic E-state index is -0.316. The Balaban J connectivity index is 3.26. The minimum absolute atomic E-state index is 0.00596. The van der Waals surface area contributed by atoms with Crippen molar-refractivity contribution in [2.45, 2.75) is 79.9 Å². The molecule has 0 aromatic heterocycles. The maximum Gasteiger partial charge on any atom is 0.318 e. The van der Waals surface area contributed by atoms with Crippen LogP contribution < -0.4 is 15.5 Å². The van der Waals surface area contributed by atoms with Crippen molar-refractivity contribution in [2.24, 2.45) is 11.8 Å². The van der Waals surface area contributed by atoms with E-state index < -0.39 is 0 Å². The second-order valence-electron chi connectivity index (χ2n) is 10.2. The van der Waals surface area contributed by atoms with E-state index in [2.05, 4.69) is 31.4 Å². The van der Waals surface area contributed by atoms with Crippen molar-refractivity contribution in [1.82, 2.24) is 10.2 Å². The van der Waals surface area contributed by atoms with Crippen molar-refractivity contribution in [3.63, 3.8) is 0 Å². The number of anilines is 2. The molecule has 1 atom stereocenters. The highest BCUT2D eigenvalue weighted by Crippen LogP contribution is 2.27. The van der Waals surface area contributed by atoms with Crippen LogP contribution in [0, 0.1) is 11.8 Å². The van der Waals surface area contributed by atoms with E-state index in [1.807, 2.05) is 76.7 Å². The third-order valence-corrected chi connectivity index (χ3v) is 4.98. The number of carbonyl (C=O) groups is 2. The van der Waals surface area contributed by atoms with Crippen LogP contribution in [0.5, 0.6) is 0 Å². The van der Waals surface area contributed by atoms with E-state index in [4.69, 9.17) is 0 Å². The van der Waals surface area contributed by atoms with Crippen LogP contribution in [0.3, 0.4) is 0 Å². The normalized spacial score (nSPS) is 12.7. The number of hydrogen-bond acceptors (Lipinski definition) is 3. The zero-order valence-corrected chi connectivity index (χ0v) is 20.6. The molecule has 3 amide bonds. The molecule has 1 rings (SSSR count). The van der Waals surface area contributed by atoms with Crippen LogP contribution in [0.2, 0.25) is 0 Å². The molecule has 6 nitrogen and oxygen atoms in total. The molecule has 0 radical (unpaired) electrons. The van der Waals surface area contributed by atoms with Crippen molar-refractivity contribution in [1.29, 1.82) is 0 Å². The van der Waals surface area contributed by atoms with Gasteiger partial charge in [0.2, 0.25) is 5.91 Å². The van der Waals surface area contributed by atoms with Gasteiger partial charge in [0, 0.05) is 50.0 Å².